The number of thiazole rings is 1. The number of carbonyl (C=O) groups is 2. The van der Waals surface area contributed by atoms with E-state index in [2.05, 4.69) is 16.3 Å². The number of aromatic nitrogens is 1. The van der Waals surface area contributed by atoms with E-state index in [1.807, 2.05) is 63.2 Å². The van der Waals surface area contributed by atoms with Crippen LogP contribution in [0.5, 0.6) is 0 Å². The number of alkyl carbamates (subject to hydrolysis) is 1. The number of esters is 1. The van der Waals surface area contributed by atoms with Gasteiger partial charge in [0.2, 0.25) is 0 Å². The number of hydrogen-bond donors (Lipinski definition) is 1. The van der Waals surface area contributed by atoms with Crippen LogP contribution in [0.4, 0.5) is 9.93 Å². The molecule has 200 valence electrons. The van der Waals surface area contributed by atoms with Crippen molar-refractivity contribution in [1.29, 1.82) is 0 Å². The van der Waals surface area contributed by atoms with Crippen LogP contribution in [0.2, 0.25) is 5.02 Å². The van der Waals surface area contributed by atoms with Gasteiger partial charge in [-0.05, 0) is 56.5 Å². The number of halogens is 1. The molecule has 7 nitrogen and oxygen atoms in total. The lowest BCUT2D eigenvalue weighted by Gasteiger charge is -2.22. The van der Waals surface area contributed by atoms with Crippen LogP contribution in [-0.2, 0) is 15.9 Å². The molecule has 38 heavy (non-hydrogen) atoms. The first-order valence-electron chi connectivity index (χ1n) is 12.9. The number of amides is 1. The van der Waals surface area contributed by atoms with Gasteiger partial charge in [-0.2, -0.15) is 0 Å². The molecule has 5 rings (SSSR count). The lowest BCUT2D eigenvalue weighted by molar-refractivity contribution is 0.0512. The predicted octanol–water partition coefficient (Wildman–Crippen LogP) is 6.19. The van der Waals surface area contributed by atoms with Crippen LogP contribution >= 0.6 is 22.9 Å². The average Bonchev–Trinajstić information content (AvgIpc) is 3.19. The van der Waals surface area contributed by atoms with E-state index in [1.165, 1.54) is 11.3 Å². The Kier molecular flexibility index (Phi) is 7.38. The van der Waals surface area contributed by atoms with E-state index in [9.17, 15) is 9.59 Å². The Morgan fingerprint density at radius 3 is 2.45 bits per heavy atom. The number of carbonyl (C=O) groups excluding carboxylic acids is 2. The molecule has 0 spiro atoms. The lowest BCUT2D eigenvalue weighted by Crippen LogP contribution is -2.38. The number of piperidine rings is 1. The number of benzene rings is 2. The van der Waals surface area contributed by atoms with Crippen molar-refractivity contribution in [2.24, 2.45) is 11.8 Å². The fourth-order valence-corrected chi connectivity index (χ4v) is 6.20. The fraction of sp³-hybridized carbons (Fsp3) is 0.414. The normalized spacial score (nSPS) is 20.1. The van der Waals surface area contributed by atoms with E-state index < -0.39 is 5.60 Å². The largest absolute Gasteiger partial charge is 0.462 e. The van der Waals surface area contributed by atoms with Gasteiger partial charge < -0.3 is 19.7 Å². The molecule has 9 heteroatoms. The topological polar surface area (TPSA) is 80.8 Å². The highest BCUT2D eigenvalue weighted by molar-refractivity contribution is 7.17. The zero-order chi connectivity index (χ0) is 27.0. The van der Waals surface area contributed by atoms with Crippen LogP contribution in [0, 0.1) is 11.8 Å². The standard InChI is InChI=1S/C29H32ClN3O4S/c1-5-36-26(34)25-23(13-17-8-6-9-18(12-17)19-10-7-11-20(30)14-19)31-27(38-25)33-15-21-22(16-33)24(21)32-28(35)37-29(2,3)4/h6-12,14,21-22,24H,5,13,15-16H2,1-4H3,(H,32,35)/t21-,22+,24+. The van der Waals surface area contributed by atoms with Gasteiger partial charge >= 0.3 is 12.1 Å². The molecule has 1 N–H and O–H groups in total. The van der Waals surface area contributed by atoms with Gasteiger partial charge in [-0.15, -0.1) is 0 Å². The molecule has 1 aliphatic heterocycles. The molecule has 2 aromatic carbocycles. The highest BCUT2D eigenvalue weighted by Gasteiger charge is 2.57. The first kappa shape index (κ1) is 26.5. The summed E-state index contributed by atoms with van der Waals surface area (Å²) in [4.78, 5) is 32.6. The minimum atomic E-state index is -0.519. The molecular formula is C29H32ClN3O4S. The van der Waals surface area contributed by atoms with Gasteiger partial charge in [-0.25, -0.2) is 14.6 Å². The Morgan fingerprint density at radius 2 is 1.79 bits per heavy atom. The third-order valence-corrected chi connectivity index (χ3v) is 8.12. The number of fused-ring (bicyclic) bond motifs is 1. The minimum absolute atomic E-state index is 0.124. The van der Waals surface area contributed by atoms with Crippen LogP contribution in [0.15, 0.2) is 48.5 Å². The van der Waals surface area contributed by atoms with Gasteiger partial charge in [0.05, 0.1) is 12.3 Å². The van der Waals surface area contributed by atoms with Crippen LogP contribution in [-0.4, -0.2) is 48.4 Å². The molecule has 2 aliphatic rings. The quantitative estimate of drug-likeness (QED) is 0.351. The molecule has 1 saturated heterocycles. The first-order chi connectivity index (χ1) is 18.1. The summed E-state index contributed by atoms with van der Waals surface area (Å²) in [5.41, 5.74) is 3.34. The maximum Gasteiger partial charge on any atom is 0.407 e. The van der Waals surface area contributed by atoms with Crippen LogP contribution in [0.25, 0.3) is 11.1 Å². The van der Waals surface area contributed by atoms with E-state index in [1.54, 1.807) is 6.92 Å². The van der Waals surface area contributed by atoms with Gasteiger partial charge in [0.25, 0.3) is 0 Å². The summed E-state index contributed by atoms with van der Waals surface area (Å²) in [5, 5.41) is 4.51. The maximum absolute atomic E-state index is 12.8. The molecule has 0 bridgehead atoms. The Labute approximate surface area is 232 Å². The zero-order valence-corrected chi connectivity index (χ0v) is 23.6. The Morgan fingerprint density at radius 1 is 1.11 bits per heavy atom. The Bertz CT molecular complexity index is 1340. The molecule has 2 fully saturated rings. The number of nitrogens with one attached hydrogen (secondary N) is 1. The van der Waals surface area contributed by atoms with Crippen molar-refractivity contribution in [3.8, 4) is 11.1 Å². The molecule has 0 unspecified atom stereocenters. The van der Waals surface area contributed by atoms with Crippen molar-refractivity contribution < 1.29 is 19.1 Å². The third kappa shape index (κ3) is 5.97. The molecule has 0 radical (unpaired) electrons. The average molecular weight is 554 g/mol. The second kappa shape index (κ2) is 10.6. The molecule has 1 saturated carbocycles. The van der Waals surface area contributed by atoms with Crippen LogP contribution in [0.1, 0.15) is 48.6 Å². The SMILES string of the molecule is CCOC(=O)c1sc(N2C[C@@H]3[C@H](C2)[C@H]3NC(=O)OC(C)(C)C)nc1Cc1cccc(-c2cccc(Cl)c2)c1. The smallest absolute Gasteiger partial charge is 0.407 e. The summed E-state index contributed by atoms with van der Waals surface area (Å²) in [6.45, 7) is 9.25. The lowest BCUT2D eigenvalue weighted by atomic mass is 10.0. The van der Waals surface area contributed by atoms with E-state index in [0.717, 1.165) is 40.6 Å². The van der Waals surface area contributed by atoms with Gasteiger partial charge in [0.1, 0.15) is 10.5 Å². The summed E-state index contributed by atoms with van der Waals surface area (Å²) in [7, 11) is 0. The highest BCUT2D eigenvalue weighted by Crippen LogP contribution is 2.48. The Hall–Kier alpha value is -3.10. The fourth-order valence-electron chi connectivity index (χ4n) is 5.01. The summed E-state index contributed by atoms with van der Waals surface area (Å²) in [5.74, 6) is 0.372. The van der Waals surface area contributed by atoms with Crippen molar-refractivity contribution in [2.45, 2.75) is 45.8 Å². The molecule has 3 aromatic rings. The van der Waals surface area contributed by atoms with Crippen molar-refractivity contribution >= 4 is 40.1 Å². The van der Waals surface area contributed by atoms with E-state index in [4.69, 9.17) is 26.1 Å². The number of nitrogens with zero attached hydrogens (tertiary/aromatic N) is 2. The van der Waals surface area contributed by atoms with Crippen LogP contribution in [0.3, 0.4) is 0 Å². The molecule has 3 atom stereocenters. The van der Waals surface area contributed by atoms with Gasteiger partial charge in [-0.3, -0.25) is 0 Å². The predicted molar refractivity (Wildman–Crippen MR) is 150 cm³/mol. The van der Waals surface area contributed by atoms with Crippen LogP contribution < -0.4 is 10.2 Å². The van der Waals surface area contributed by atoms with Gasteiger partial charge in [0.15, 0.2) is 5.13 Å². The maximum atomic E-state index is 12.8. The van der Waals surface area contributed by atoms with Gasteiger partial charge in [0, 0.05) is 42.4 Å². The second-order valence-corrected chi connectivity index (χ2v) is 12.2. The van der Waals surface area contributed by atoms with Crippen molar-refractivity contribution in [1.82, 2.24) is 10.3 Å². The second-order valence-electron chi connectivity index (χ2n) is 10.8. The van der Waals surface area contributed by atoms with E-state index in [0.29, 0.717) is 34.8 Å². The number of anilines is 1. The summed E-state index contributed by atoms with van der Waals surface area (Å²) in [6.07, 6.45) is 0.146. The first-order valence-corrected chi connectivity index (χ1v) is 14.1. The zero-order valence-electron chi connectivity index (χ0n) is 22.0. The number of rotatable bonds is 7. The minimum Gasteiger partial charge on any atom is -0.462 e. The monoisotopic (exact) mass is 553 g/mol. The number of ether oxygens (including phenoxy) is 2. The van der Waals surface area contributed by atoms with E-state index >= 15 is 0 Å². The third-order valence-electron chi connectivity index (χ3n) is 6.75. The van der Waals surface area contributed by atoms with E-state index in [-0.39, 0.29) is 18.1 Å². The van der Waals surface area contributed by atoms with Gasteiger partial charge in [-0.1, -0.05) is 59.3 Å². The molecular weight excluding hydrogens is 522 g/mol. The summed E-state index contributed by atoms with van der Waals surface area (Å²) in [6, 6.07) is 16.1. The summed E-state index contributed by atoms with van der Waals surface area (Å²) >= 11 is 7.58. The van der Waals surface area contributed by atoms with Crippen molar-refractivity contribution in [3.05, 3.63) is 69.7 Å². The highest BCUT2D eigenvalue weighted by atomic mass is 35.5. The Balaban J connectivity index is 1.30. The molecule has 1 aliphatic carbocycles. The molecule has 2 heterocycles. The number of hydrogen-bond acceptors (Lipinski definition) is 7. The molecule has 1 aromatic heterocycles. The van der Waals surface area contributed by atoms with Crippen molar-refractivity contribution in [2.75, 3.05) is 24.6 Å². The van der Waals surface area contributed by atoms with Crippen molar-refractivity contribution in [3.63, 3.8) is 0 Å². The molecule has 1 amide bonds. The summed E-state index contributed by atoms with van der Waals surface area (Å²) < 4.78 is 10.8.